The lowest BCUT2D eigenvalue weighted by Gasteiger charge is -2.33. The van der Waals surface area contributed by atoms with Crippen molar-refractivity contribution in [3.8, 4) is 0 Å². The first-order chi connectivity index (χ1) is 14.1. The van der Waals surface area contributed by atoms with Crippen LogP contribution in [0.2, 0.25) is 0 Å². The van der Waals surface area contributed by atoms with E-state index in [0.29, 0.717) is 5.75 Å². The quantitative estimate of drug-likeness (QED) is 0.591. The summed E-state index contributed by atoms with van der Waals surface area (Å²) in [4.78, 5) is 22.9. The second-order valence-corrected chi connectivity index (χ2v) is 8.64. The Morgan fingerprint density at radius 2 is 1.93 bits per heavy atom. The summed E-state index contributed by atoms with van der Waals surface area (Å²) in [5.74, 6) is 0.544. The van der Waals surface area contributed by atoms with Gasteiger partial charge < -0.3 is 9.88 Å². The summed E-state index contributed by atoms with van der Waals surface area (Å²) in [6, 6.07) is 19.0. The number of nitrogens with zero attached hydrogens (tertiary/aromatic N) is 2. The van der Waals surface area contributed by atoms with Crippen molar-refractivity contribution >= 4 is 17.7 Å². The number of hydrogen-bond acceptors (Lipinski definition) is 3. The van der Waals surface area contributed by atoms with Crippen molar-refractivity contribution in [2.75, 3.05) is 12.8 Å². The second kappa shape index (κ2) is 8.87. The molecule has 0 aliphatic heterocycles. The summed E-state index contributed by atoms with van der Waals surface area (Å²) in [5.41, 5.74) is 6.03. The smallest absolute Gasteiger partial charge is 0.233 e. The summed E-state index contributed by atoms with van der Waals surface area (Å²) in [5, 5.41) is 0.819. The van der Waals surface area contributed by atoms with E-state index in [9.17, 15) is 4.79 Å². The molecule has 0 bridgehead atoms. The average Bonchev–Trinajstić information content (AvgIpc) is 3.11. The summed E-state index contributed by atoms with van der Waals surface area (Å²) >= 11 is 1.49. The number of aromatic nitrogens is 2. The maximum absolute atomic E-state index is 12.9. The van der Waals surface area contributed by atoms with Gasteiger partial charge in [-0.2, -0.15) is 0 Å². The van der Waals surface area contributed by atoms with Crippen LogP contribution in [0.15, 0.2) is 59.8 Å². The molecule has 1 aromatic heterocycles. The number of thioether (sulfide) groups is 1. The van der Waals surface area contributed by atoms with E-state index in [2.05, 4.69) is 41.4 Å². The third-order valence-electron chi connectivity index (χ3n) is 5.71. The molecule has 0 fully saturated rings. The van der Waals surface area contributed by atoms with Crippen LogP contribution in [0.1, 0.15) is 47.0 Å². The van der Waals surface area contributed by atoms with Gasteiger partial charge in [0.1, 0.15) is 0 Å². The third-order valence-corrected chi connectivity index (χ3v) is 6.57. The highest BCUT2D eigenvalue weighted by molar-refractivity contribution is 7.99. The van der Waals surface area contributed by atoms with E-state index in [1.54, 1.807) is 0 Å². The molecule has 150 valence electrons. The molecule has 0 saturated carbocycles. The first-order valence-corrected chi connectivity index (χ1v) is 11.2. The number of aryl methyl sites for hydroxylation is 2. The number of amides is 1. The average molecular weight is 406 g/mol. The van der Waals surface area contributed by atoms with Crippen molar-refractivity contribution in [3.63, 3.8) is 0 Å². The normalized spacial score (nSPS) is 15.7. The van der Waals surface area contributed by atoms with Gasteiger partial charge in [0.15, 0.2) is 5.16 Å². The summed E-state index contributed by atoms with van der Waals surface area (Å²) in [7, 11) is 1.93. The van der Waals surface area contributed by atoms with E-state index in [1.807, 2.05) is 37.1 Å². The number of nitrogens with one attached hydrogen (secondary N) is 1. The number of aromatic amines is 1. The molecule has 3 aromatic rings. The Morgan fingerprint density at radius 1 is 1.17 bits per heavy atom. The molecule has 1 atom stereocenters. The van der Waals surface area contributed by atoms with Crippen LogP contribution >= 0.6 is 11.8 Å². The summed E-state index contributed by atoms with van der Waals surface area (Å²) in [6.45, 7) is 2.04. The number of fused-ring (bicyclic) bond motifs is 1. The van der Waals surface area contributed by atoms with E-state index >= 15 is 0 Å². The molecule has 4 rings (SSSR count). The van der Waals surface area contributed by atoms with Gasteiger partial charge in [-0.25, -0.2) is 4.98 Å². The fourth-order valence-electron chi connectivity index (χ4n) is 4.03. The maximum atomic E-state index is 12.9. The molecule has 1 N–H and O–H groups in total. The van der Waals surface area contributed by atoms with Gasteiger partial charge >= 0.3 is 0 Å². The van der Waals surface area contributed by atoms with E-state index in [0.717, 1.165) is 42.2 Å². The third kappa shape index (κ3) is 4.56. The fraction of sp³-hybridized carbons (Fsp3) is 0.333. The van der Waals surface area contributed by atoms with Gasteiger partial charge in [-0.15, -0.1) is 0 Å². The Labute approximate surface area is 176 Å². The van der Waals surface area contributed by atoms with Gasteiger partial charge in [-0.3, -0.25) is 4.79 Å². The van der Waals surface area contributed by atoms with Gasteiger partial charge in [0, 0.05) is 19.2 Å². The molecule has 5 heteroatoms. The van der Waals surface area contributed by atoms with Gasteiger partial charge in [0.2, 0.25) is 5.91 Å². The molecule has 1 heterocycles. The minimum Gasteiger partial charge on any atom is -0.338 e. The van der Waals surface area contributed by atoms with E-state index in [4.69, 9.17) is 4.98 Å². The zero-order valence-corrected chi connectivity index (χ0v) is 17.8. The molecule has 1 amide bonds. The zero-order chi connectivity index (χ0) is 20.2. The predicted octanol–water partition coefficient (Wildman–Crippen LogP) is 4.94. The summed E-state index contributed by atoms with van der Waals surface area (Å²) < 4.78 is 0. The van der Waals surface area contributed by atoms with Crippen molar-refractivity contribution in [3.05, 3.63) is 82.7 Å². The Kier molecular flexibility index (Phi) is 6.05. The van der Waals surface area contributed by atoms with E-state index in [-0.39, 0.29) is 11.9 Å². The Balaban J connectivity index is 1.38. The van der Waals surface area contributed by atoms with Crippen LogP contribution in [0.4, 0.5) is 0 Å². The number of imidazole rings is 1. The molecule has 0 saturated heterocycles. The lowest BCUT2D eigenvalue weighted by Crippen LogP contribution is -2.34. The van der Waals surface area contributed by atoms with Crippen LogP contribution < -0.4 is 0 Å². The highest BCUT2D eigenvalue weighted by Crippen LogP contribution is 2.34. The zero-order valence-electron chi connectivity index (χ0n) is 17.0. The molecule has 1 aliphatic carbocycles. The minimum atomic E-state index is 0.148. The SMILES string of the molecule is Cc1[nH]c(SCC(=O)N(C)C2CCCc3ccccc32)nc1Cc1ccccc1. The maximum Gasteiger partial charge on any atom is 0.233 e. The van der Waals surface area contributed by atoms with Crippen molar-refractivity contribution in [1.29, 1.82) is 0 Å². The standard InChI is InChI=1S/C24H27N3OS/c1-17-21(15-18-9-4-3-5-10-18)26-24(25-17)29-16-23(28)27(2)22-14-8-12-19-11-6-7-13-20(19)22/h3-7,9-11,13,22H,8,12,14-16H2,1-2H3,(H,25,26). The van der Waals surface area contributed by atoms with Crippen molar-refractivity contribution in [2.24, 2.45) is 0 Å². The number of H-pyrrole nitrogens is 1. The molecule has 1 unspecified atom stereocenters. The largest absolute Gasteiger partial charge is 0.338 e. The first kappa shape index (κ1) is 19.8. The highest BCUT2D eigenvalue weighted by atomic mass is 32.2. The predicted molar refractivity (Wildman–Crippen MR) is 118 cm³/mol. The monoisotopic (exact) mass is 405 g/mol. The van der Waals surface area contributed by atoms with Crippen molar-refractivity contribution in [1.82, 2.24) is 14.9 Å². The Morgan fingerprint density at radius 3 is 2.76 bits per heavy atom. The molecule has 29 heavy (non-hydrogen) atoms. The fourth-order valence-corrected chi connectivity index (χ4v) is 4.90. The van der Waals surface area contributed by atoms with E-state index < -0.39 is 0 Å². The van der Waals surface area contributed by atoms with Crippen molar-refractivity contribution in [2.45, 2.75) is 43.8 Å². The Hall–Kier alpha value is -2.53. The minimum absolute atomic E-state index is 0.148. The van der Waals surface area contributed by atoms with Crippen LogP contribution in [0.25, 0.3) is 0 Å². The van der Waals surface area contributed by atoms with Crippen molar-refractivity contribution < 1.29 is 4.79 Å². The van der Waals surface area contributed by atoms with Crippen LogP contribution in [-0.2, 0) is 17.6 Å². The van der Waals surface area contributed by atoms with Gasteiger partial charge in [0.25, 0.3) is 0 Å². The van der Waals surface area contributed by atoms with E-state index in [1.165, 1.54) is 28.5 Å². The lowest BCUT2D eigenvalue weighted by atomic mass is 9.87. The molecule has 0 radical (unpaired) electrons. The van der Waals surface area contributed by atoms with Crippen LogP contribution in [0.3, 0.4) is 0 Å². The first-order valence-electron chi connectivity index (χ1n) is 10.2. The summed E-state index contributed by atoms with van der Waals surface area (Å²) in [6.07, 6.45) is 4.08. The molecular formula is C24H27N3OS. The van der Waals surface area contributed by atoms with Crippen LogP contribution in [-0.4, -0.2) is 33.6 Å². The van der Waals surface area contributed by atoms with Gasteiger partial charge in [-0.05, 0) is 42.9 Å². The number of hydrogen-bond donors (Lipinski definition) is 1. The highest BCUT2D eigenvalue weighted by Gasteiger charge is 2.26. The number of benzene rings is 2. The molecule has 4 nitrogen and oxygen atoms in total. The lowest BCUT2D eigenvalue weighted by molar-refractivity contribution is -0.129. The number of carbonyl (C=O) groups excluding carboxylic acids is 1. The Bertz CT molecular complexity index is 983. The molecule has 1 aliphatic rings. The molecular weight excluding hydrogens is 378 g/mol. The second-order valence-electron chi connectivity index (χ2n) is 7.68. The van der Waals surface area contributed by atoms with Crippen LogP contribution in [0.5, 0.6) is 0 Å². The van der Waals surface area contributed by atoms with Crippen LogP contribution in [0, 0.1) is 6.92 Å². The van der Waals surface area contributed by atoms with Gasteiger partial charge in [-0.1, -0.05) is 66.4 Å². The topological polar surface area (TPSA) is 49.0 Å². The number of carbonyl (C=O) groups is 1. The molecule has 2 aromatic carbocycles. The number of rotatable bonds is 6. The molecule has 0 spiro atoms. The van der Waals surface area contributed by atoms with Gasteiger partial charge in [0.05, 0.1) is 17.5 Å².